The largest absolute Gasteiger partial charge is 0.310 e. The Morgan fingerprint density at radius 2 is 1.89 bits per heavy atom. The zero-order chi connectivity index (χ0) is 19.1. The summed E-state index contributed by atoms with van der Waals surface area (Å²) in [5.41, 5.74) is 3.46. The SMILES string of the molecule is Cc1ccc(-n2nc(C)c3c2NC(=O)CS[C@@H]3c2cc(F)ccc2F)cc1. The second-order valence-corrected chi connectivity index (χ2v) is 7.59. The summed E-state index contributed by atoms with van der Waals surface area (Å²) in [5.74, 6) is -0.575. The first-order valence-corrected chi connectivity index (χ1v) is 9.52. The van der Waals surface area contributed by atoms with Crippen LogP contribution in [0.2, 0.25) is 0 Å². The van der Waals surface area contributed by atoms with Crippen molar-refractivity contribution in [3.8, 4) is 5.69 Å². The second kappa shape index (κ2) is 6.81. The summed E-state index contributed by atoms with van der Waals surface area (Å²) in [4.78, 5) is 12.3. The number of benzene rings is 2. The van der Waals surface area contributed by atoms with E-state index in [1.54, 1.807) is 4.68 Å². The first-order valence-electron chi connectivity index (χ1n) is 8.47. The number of rotatable bonds is 2. The Morgan fingerprint density at radius 3 is 2.63 bits per heavy atom. The van der Waals surface area contributed by atoms with Crippen molar-refractivity contribution < 1.29 is 13.6 Å². The summed E-state index contributed by atoms with van der Waals surface area (Å²) in [6.45, 7) is 3.80. The van der Waals surface area contributed by atoms with Crippen LogP contribution in [0.5, 0.6) is 0 Å². The standard InChI is InChI=1S/C20H17F2N3OS/c1-11-3-6-14(7-4-11)25-20-18(12(2)24-25)19(27-10-17(26)23-20)15-9-13(21)5-8-16(15)22/h3-9,19H,10H2,1-2H3,(H,23,26)/t19-/m1/s1. The van der Waals surface area contributed by atoms with Crippen LogP contribution in [0.4, 0.5) is 14.6 Å². The van der Waals surface area contributed by atoms with Crippen LogP contribution in [0.1, 0.15) is 27.6 Å². The van der Waals surface area contributed by atoms with Gasteiger partial charge in [0.1, 0.15) is 17.5 Å². The van der Waals surface area contributed by atoms with Crippen molar-refractivity contribution in [3.05, 3.63) is 76.5 Å². The van der Waals surface area contributed by atoms with Gasteiger partial charge in [-0.3, -0.25) is 4.79 Å². The summed E-state index contributed by atoms with van der Waals surface area (Å²) in [6.07, 6.45) is 0. The number of anilines is 1. The molecular weight excluding hydrogens is 368 g/mol. The highest BCUT2D eigenvalue weighted by atomic mass is 32.2. The van der Waals surface area contributed by atoms with E-state index in [2.05, 4.69) is 10.4 Å². The van der Waals surface area contributed by atoms with Crippen molar-refractivity contribution in [1.29, 1.82) is 0 Å². The molecule has 1 aliphatic heterocycles. The summed E-state index contributed by atoms with van der Waals surface area (Å²) in [7, 11) is 0. The summed E-state index contributed by atoms with van der Waals surface area (Å²) >= 11 is 1.26. The van der Waals surface area contributed by atoms with Gasteiger partial charge in [-0.05, 0) is 44.2 Å². The van der Waals surface area contributed by atoms with Gasteiger partial charge >= 0.3 is 0 Å². The number of fused-ring (bicyclic) bond motifs is 1. The summed E-state index contributed by atoms with van der Waals surface area (Å²) in [6, 6.07) is 11.1. The molecule has 1 amide bonds. The van der Waals surface area contributed by atoms with Crippen LogP contribution in [0.3, 0.4) is 0 Å². The fourth-order valence-corrected chi connectivity index (χ4v) is 4.42. The number of aryl methyl sites for hydroxylation is 2. The van der Waals surface area contributed by atoms with Gasteiger partial charge in [0, 0.05) is 11.1 Å². The van der Waals surface area contributed by atoms with Crippen LogP contribution in [0.25, 0.3) is 5.69 Å². The van der Waals surface area contributed by atoms with Crippen molar-refractivity contribution in [2.45, 2.75) is 19.1 Å². The Labute approximate surface area is 159 Å². The molecule has 138 valence electrons. The molecule has 4 nitrogen and oxygen atoms in total. The maximum absolute atomic E-state index is 14.5. The normalized spacial score (nSPS) is 16.6. The van der Waals surface area contributed by atoms with Crippen molar-refractivity contribution in [2.75, 3.05) is 11.1 Å². The monoisotopic (exact) mass is 385 g/mol. The lowest BCUT2D eigenvalue weighted by atomic mass is 10.0. The molecule has 27 heavy (non-hydrogen) atoms. The number of nitrogens with one attached hydrogen (secondary N) is 1. The van der Waals surface area contributed by atoms with E-state index in [0.717, 1.165) is 23.4 Å². The van der Waals surface area contributed by atoms with Crippen molar-refractivity contribution in [2.24, 2.45) is 0 Å². The molecule has 0 saturated carbocycles. The molecule has 1 aliphatic rings. The van der Waals surface area contributed by atoms with Crippen LogP contribution < -0.4 is 5.32 Å². The molecule has 0 bridgehead atoms. The van der Waals surface area contributed by atoms with Gasteiger partial charge in [-0.2, -0.15) is 5.10 Å². The number of nitrogens with zero attached hydrogens (tertiary/aromatic N) is 2. The van der Waals surface area contributed by atoms with E-state index < -0.39 is 16.9 Å². The first kappa shape index (κ1) is 17.7. The summed E-state index contributed by atoms with van der Waals surface area (Å²) in [5, 5.41) is 6.92. The predicted octanol–water partition coefficient (Wildman–Crippen LogP) is 4.54. The Kier molecular flexibility index (Phi) is 4.47. The second-order valence-electron chi connectivity index (χ2n) is 6.50. The average Bonchev–Trinajstić information content (AvgIpc) is 2.84. The van der Waals surface area contributed by atoms with E-state index in [0.29, 0.717) is 17.1 Å². The highest BCUT2D eigenvalue weighted by Crippen LogP contribution is 2.44. The van der Waals surface area contributed by atoms with Crippen LogP contribution in [-0.4, -0.2) is 21.4 Å². The Bertz CT molecular complexity index is 1030. The number of carbonyl (C=O) groups excluding carboxylic acids is 1. The lowest BCUT2D eigenvalue weighted by molar-refractivity contribution is -0.113. The number of carbonyl (C=O) groups is 1. The van der Waals surface area contributed by atoms with Gasteiger partial charge in [0.05, 0.1) is 22.4 Å². The van der Waals surface area contributed by atoms with Gasteiger partial charge in [-0.25, -0.2) is 13.5 Å². The third-order valence-electron chi connectivity index (χ3n) is 4.53. The maximum atomic E-state index is 14.5. The van der Waals surface area contributed by atoms with E-state index in [-0.39, 0.29) is 17.2 Å². The molecule has 0 fully saturated rings. The zero-order valence-corrected chi connectivity index (χ0v) is 15.6. The van der Waals surface area contributed by atoms with Gasteiger partial charge < -0.3 is 5.32 Å². The summed E-state index contributed by atoms with van der Waals surface area (Å²) < 4.78 is 29.9. The molecule has 0 spiro atoms. The predicted molar refractivity (Wildman–Crippen MR) is 102 cm³/mol. The Hall–Kier alpha value is -2.67. The number of hydrogen-bond donors (Lipinski definition) is 1. The number of amides is 1. The third-order valence-corrected chi connectivity index (χ3v) is 5.78. The van der Waals surface area contributed by atoms with E-state index in [1.165, 1.54) is 17.8 Å². The van der Waals surface area contributed by atoms with Gasteiger partial charge in [0.2, 0.25) is 5.91 Å². The number of halogens is 2. The van der Waals surface area contributed by atoms with Crippen molar-refractivity contribution in [3.63, 3.8) is 0 Å². The minimum atomic E-state index is -0.533. The molecule has 0 radical (unpaired) electrons. The maximum Gasteiger partial charge on any atom is 0.235 e. The fraction of sp³-hybridized carbons (Fsp3) is 0.200. The van der Waals surface area contributed by atoms with E-state index in [9.17, 15) is 13.6 Å². The third kappa shape index (κ3) is 3.23. The van der Waals surface area contributed by atoms with Crippen LogP contribution in [-0.2, 0) is 4.79 Å². The van der Waals surface area contributed by atoms with Crippen LogP contribution in [0, 0.1) is 25.5 Å². The van der Waals surface area contributed by atoms with Gasteiger partial charge in [-0.1, -0.05) is 17.7 Å². The minimum Gasteiger partial charge on any atom is -0.310 e. The van der Waals surface area contributed by atoms with Crippen LogP contribution >= 0.6 is 11.8 Å². The highest BCUT2D eigenvalue weighted by molar-refractivity contribution is 8.00. The number of thioether (sulfide) groups is 1. The lowest BCUT2D eigenvalue weighted by Crippen LogP contribution is -2.15. The molecule has 0 saturated heterocycles. The molecule has 1 atom stereocenters. The molecule has 0 unspecified atom stereocenters. The molecule has 0 aliphatic carbocycles. The topological polar surface area (TPSA) is 46.9 Å². The highest BCUT2D eigenvalue weighted by Gasteiger charge is 2.32. The molecular formula is C20H17F2N3OS. The average molecular weight is 385 g/mol. The van der Waals surface area contributed by atoms with E-state index >= 15 is 0 Å². The quantitative estimate of drug-likeness (QED) is 0.704. The number of aromatic nitrogens is 2. The lowest BCUT2D eigenvalue weighted by Gasteiger charge is -2.16. The van der Waals surface area contributed by atoms with Gasteiger partial charge in [-0.15, -0.1) is 11.8 Å². The minimum absolute atomic E-state index is 0.142. The van der Waals surface area contributed by atoms with Crippen molar-refractivity contribution in [1.82, 2.24) is 9.78 Å². The number of hydrogen-bond acceptors (Lipinski definition) is 3. The fourth-order valence-electron chi connectivity index (χ4n) is 3.22. The molecule has 3 aromatic rings. The van der Waals surface area contributed by atoms with Crippen molar-refractivity contribution >= 4 is 23.5 Å². The smallest absolute Gasteiger partial charge is 0.235 e. The molecule has 2 heterocycles. The van der Waals surface area contributed by atoms with E-state index in [4.69, 9.17) is 0 Å². The van der Waals surface area contributed by atoms with Gasteiger partial charge in [0.25, 0.3) is 0 Å². The molecule has 4 rings (SSSR count). The Morgan fingerprint density at radius 1 is 1.15 bits per heavy atom. The zero-order valence-electron chi connectivity index (χ0n) is 14.8. The molecule has 7 heteroatoms. The molecule has 1 N–H and O–H groups in total. The van der Waals surface area contributed by atoms with Gasteiger partial charge in [0.15, 0.2) is 0 Å². The van der Waals surface area contributed by atoms with E-state index in [1.807, 2.05) is 38.1 Å². The molecule has 2 aromatic carbocycles. The first-order chi connectivity index (χ1) is 12.9. The Balaban J connectivity index is 1.91. The molecule has 1 aromatic heterocycles. The van der Waals surface area contributed by atoms with Crippen LogP contribution in [0.15, 0.2) is 42.5 Å².